The second-order valence-electron chi connectivity index (χ2n) is 5.06. The summed E-state index contributed by atoms with van der Waals surface area (Å²) in [4.78, 5) is 11.4. The molecule has 1 rings (SSSR count). The third-order valence-corrected chi connectivity index (χ3v) is 2.82. The molecule has 0 bridgehead atoms. The van der Waals surface area contributed by atoms with Crippen LogP contribution in [-0.4, -0.2) is 25.1 Å². The Morgan fingerprint density at radius 2 is 2.00 bits per heavy atom. The number of ether oxygens (including phenoxy) is 1. The number of carbonyl (C=O) groups excluding carboxylic acids is 1. The van der Waals surface area contributed by atoms with Gasteiger partial charge in [0.25, 0.3) is 5.91 Å². The van der Waals surface area contributed by atoms with Crippen LogP contribution < -0.4 is 15.8 Å². The molecule has 21 heavy (non-hydrogen) atoms. The highest BCUT2D eigenvalue weighted by Gasteiger charge is 2.14. The number of amides is 1. The maximum Gasteiger partial charge on any atom is 0.257 e. The van der Waals surface area contributed by atoms with Crippen LogP contribution >= 0.6 is 0 Å². The molecule has 1 amide bonds. The smallest absolute Gasteiger partial charge is 0.257 e. The number of benzene rings is 1. The molecule has 0 aliphatic heterocycles. The van der Waals surface area contributed by atoms with Gasteiger partial charge in [-0.2, -0.15) is 0 Å². The molecule has 1 aromatic rings. The van der Waals surface area contributed by atoms with Crippen molar-refractivity contribution in [3.05, 3.63) is 29.3 Å². The summed E-state index contributed by atoms with van der Waals surface area (Å²) in [5, 5.41) is 2.60. The van der Waals surface area contributed by atoms with Crippen molar-refractivity contribution in [1.82, 2.24) is 5.32 Å². The molecule has 118 valence electrons. The summed E-state index contributed by atoms with van der Waals surface area (Å²) in [7, 11) is 0. The van der Waals surface area contributed by atoms with Crippen LogP contribution in [0.2, 0.25) is 0 Å². The van der Waals surface area contributed by atoms with Crippen LogP contribution in [0.25, 0.3) is 0 Å². The molecule has 0 heterocycles. The van der Waals surface area contributed by atoms with Crippen LogP contribution in [0.15, 0.2) is 12.1 Å². The Morgan fingerprint density at radius 1 is 1.38 bits per heavy atom. The van der Waals surface area contributed by atoms with Crippen molar-refractivity contribution in [3.8, 4) is 5.75 Å². The van der Waals surface area contributed by atoms with Crippen LogP contribution in [-0.2, 0) is 11.2 Å². The minimum Gasteiger partial charge on any atom is -0.478 e. The van der Waals surface area contributed by atoms with Gasteiger partial charge in [0.1, 0.15) is 0 Å². The summed E-state index contributed by atoms with van der Waals surface area (Å²) in [6, 6.07) is 2.16. The number of nitrogens with two attached hydrogens (primary N) is 1. The first-order valence-corrected chi connectivity index (χ1v) is 7.07. The fourth-order valence-corrected chi connectivity index (χ4v) is 1.83. The van der Waals surface area contributed by atoms with Crippen molar-refractivity contribution >= 4 is 5.91 Å². The number of unbranched alkanes of at least 4 members (excludes halogenated alkanes) is 1. The topological polar surface area (TPSA) is 64.3 Å². The molecule has 4 nitrogen and oxygen atoms in total. The Morgan fingerprint density at radius 3 is 2.52 bits per heavy atom. The molecular formula is C15H22F2N2O2. The zero-order chi connectivity index (χ0) is 15.8. The molecule has 0 saturated heterocycles. The highest BCUT2D eigenvalue weighted by molar-refractivity contribution is 5.77. The van der Waals surface area contributed by atoms with Gasteiger partial charge in [-0.05, 0) is 37.5 Å². The summed E-state index contributed by atoms with van der Waals surface area (Å²) in [6.45, 7) is 3.86. The average molecular weight is 300 g/mol. The lowest BCUT2D eigenvalue weighted by Crippen LogP contribution is -2.29. The van der Waals surface area contributed by atoms with Crippen LogP contribution in [0.5, 0.6) is 5.75 Å². The van der Waals surface area contributed by atoms with Crippen molar-refractivity contribution in [1.29, 1.82) is 0 Å². The second kappa shape index (κ2) is 8.56. The van der Waals surface area contributed by atoms with Gasteiger partial charge in [0.15, 0.2) is 24.0 Å². The zero-order valence-corrected chi connectivity index (χ0v) is 12.4. The fourth-order valence-electron chi connectivity index (χ4n) is 1.83. The largest absolute Gasteiger partial charge is 0.478 e. The lowest BCUT2D eigenvalue weighted by molar-refractivity contribution is -0.123. The van der Waals surface area contributed by atoms with E-state index in [1.54, 1.807) is 6.92 Å². The first-order chi connectivity index (χ1) is 9.93. The molecule has 0 aromatic heterocycles. The molecule has 6 heteroatoms. The van der Waals surface area contributed by atoms with Crippen LogP contribution in [0.3, 0.4) is 0 Å². The van der Waals surface area contributed by atoms with E-state index >= 15 is 0 Å². The van der Waals surface area contributed by atoms with Crippen LogP contribution in [0, 0.1) is 11.6 Å². The standard InChI is InChI=1S/C15H22F2N2O2/c1-3-4-5-19-14(20)9-21-15-12(16)7-11(6-10(2)18)8-13(15)17/h7-8,10H,3-6,9,18H2,1-2H3,(H,19,20). The van der Waals surface area contributed by atoms with Gasteiger partial charge in [-0.25, -0.2) is 8.78 Å². The predicted octanol–water partition coefficient (Wildman–Crippen LogP) is 2.15. The van der Waals surface area contributed by atoms with Crippen molar-refractivity contribution in [2.45, 2.75) is 39.2 Å². The van der Waals surface area contributed by atoms with Gasteiger partial charge in [-0.1, -0.05) is 13.3 Å². The Labute approximate surface area is 123 Å². The average Bonchev–Trinajstić information content (AvgIpc) is 2.37. The second-order valence-corrected chi connectivity index (χ2v) is 5.06. The predicted molar refractivity (Wildman–Crippen MR) is 77.1 cm³/mol. The molecular weight excluding hydrogens is 278 g/mol. The first kappa shape index (κ1) is 17.4. The van der Waals surface area contributed by atoms with Gasteiger partial charge in [-0.15, -0.1) is 0 Å². The molecule has 0 aliphatic rings. The highest BCUT2D eigenvalue weighted by atomic mass is 19.1. The third kappa shape index (κ3) is 6.08. The molecule has 1 aromatic carbocycles. The minimum atomic E-state index is -0.827. The molecule has 1 unspecified atom stereocenters. The van der Waals surface area contributed by atoms with Crippen molar-refractivity contribution in [3.63, 3.8) is 0 Å². The molecule has 0 spiro atoms. The van der Waals surface area contributed by atoms with Gasteiger partial charge in [-0.3, -0.25) is 4.79 Å². The quantitative estimate of drug-likeness (QED) is 0.723. The summed E-state index contributed by atoms with van der Waals surface area (Å²) in [5.74, 6) is -2.59. The van der Waals surface area contributed by atoms with Gasteiger partial charge in [0, 0.05) is 12.6 Å². The summed E-state index contributed by atoms with van der Waals surface area (Å²) in [6.07, 6.45) is 2.16. The first-order valence-electron chi connectivity index (χ1n) is 7.07. The Balaban J connectivity index is 2.61. The van der Waals surface area contributed by atoms with E-state index in [0.29, 0.717) is 18.5 Å². The zero-order valence-electron chi connectivity index (χ0n) is 12.4. The van der Waals surface area contributed by atoms with E-state index < -0.39 is 29.9 Å². The van der Waals surface area contributed by atoms with E-state index in [-0.39, 0.29) is 6.04 Å². The van der Waals surface area contributed by atoms with E-state index in [2.05, 4.69) is 5.32 Å². The number of rotatable bonds is 8. The lowest BCUT2D eigenvalue weighted by Gasteiger charge is -2.11. The number of carbonyl (C=O) groups is 1. The van der Waals surface area contributed by atoms with E-state index in [0.717, 1.165) is 12.8 Å². The van der Waals surface area contributed by atoms with E-state index in [9.17, 15) is 13.6 Å². The summed E-state index contributed by atoms with van der Waals surface area (Å²) >= 11 is 0. The maximum absolute atomic E-state index is 13.8. The molecule has 0 saturated carbocycles. The van der Waals surface area contributed by atoms with Gasteiger partial charge in [0.05, 0.1) is 0 Å². The van der Waals surface area contributed by atoms with E-state index in [1.165, 1.54) is 12.1 Å². The van der Waals surface area contributed by atoms with Crippen molar-refractivity contribution in [2.24, 2.45) is 5.73 Å². The summed E-state index contributed by atoms with van der Waals surface area (Å²) < 4.78 is 32.5. The SMILES string of the molecule is CCCCNC(=O)COc1c(F)cc(CC(C)N)cc1F. The molecule has 0 aliphatic carbocycles. The van der Waals surface area contributed by atoms with Crippen LogP contribution in [0.1, 0.15) is 32.3 Å². The normalized spacial score (nSPS) is 12.0. The lowest BCUT2D eigenvalue weighted by atomic mass is 10.1. The third-order valence-electron chi connectivity index (χ3n) is 2.82. The van der Waals surface area contributed by atoms with Gasteiger partial charge in [0.2, 0.25) is 0 Å². The number of halogens is 2. The monoisotopic (exact) mass is 300 g/mol. The van der Waals surface area contributed by atoms with Gasteiger partial charge < -0.3 is 15.8 Å². The Hall–Kier alpha value is -1.69. The number of nitrogens with one attached hydrogen (secondary N) is 1. The number of hydrogen-bond acceptors (Lipinski definition) is 3. The molecule has 1 atom stereocenters. The molecule has 3 N–H and O–H groups in total. The Bertz CT molecular complexity index is 456. The van der Waals surface area contributed by atoms with Gasteiger partial charge >= 0.3 is 0 Å². The van der Waals surface area contributed by atoms with E-state index in [1.807, 2.05) is 6.92 Å². The fraction of sp³-hybridized carbons (Fsp3) is 0.533. The molecule has 0 radical (unpaired) electrons. The summed E-state index contributed by atoms with van der Waals surface area (Å²) in [5.41, 5.74) is 6.05. The minimum absolute atomic E-state index is 0.195. The Kier molecular flexibility index (Phi) is 7.08. The highest BCUT2D eigenvalue weighted by Crippen LogP contribution is 2.23. The number of hydrogen-bond donors (Lipinski definition) is 2. The van der Waals surface area contributed by atoms with Crippen LogP contribution in [0.4, 0.5) is 8.78 Å². The van der Waals surface area contributed by atoms with Crippen molar-refractivity contribution in [2.75, 3.05) is 13.2 Å². The maximum atomic E-state index is 13.8. The van der Waals surface area contributed by atoms with E-state index in [4.69, 9.17) is 10.5 Å². The molecule has 0 fully saturated rings. The van der Waals surface area contributed by atoms with Crippen molar-refractivity contribution < 1.29 is 18.3 Å².